The largest absolute Gasteiger partial charge is 0.493 e. The van der Waals surface area contributed by atoms with Crippen molar-refractivity contribution < 1.29 is 14.3 Å². The summed E-state index contributed by atoms with van der Waals surface area (Å²) >= 11 is 0. The quantitative estimate of drug-likeness (QED) is 0.490. The third-order valence-electron chi connectivity index (χ3n) is 6.99. The van der Waals surface area contributed by atoms with Crippen LogP contribution in [-0.4, -0.2) is 27.7 Å². The molecule has 1 atom stereocenters. The van der Waals surface area contributed by atoms with Gasteiger partial charge in [-0.05, 0) is 46.1 Å². The molecular weight excluding hydrogens is 452 g/mol. The van der Waals surface area contributed by atoms with Crippen LogP contribution in [-0.2, 0) is 16.8 Å². The number of nitrogens with one attached hydrogen (secondary N) is 1. The third kappa shape index (κ3) is 4.50. The van der Waals surface area contributed by atoms with Crippen LogP contribution in [0.1, 0.15) is 70.2 Å². The van der Waals surface area contributed by atoms with E-state index in [-0.39, 0.29) is 22.7 Å². The number of allylic oxidation sites excluding steroid dienone is 2. The van der Waals surface area contributed by atoms with Gasteiger partial charge >= 0.3 is 0 Å². The van der Waals surface area contributed by atoms with Crippen molar-refractivity contribution >= 4 is 11.7 Å². The van der Waals surface area contributed by atoms with Crippen LogP contribution in [0.3, 0.4) is 0 Å². The molecule has 0 fully saturated rings. The maximum atomic E-state index is 13.3. The Morgan fingerprint density at radius 1 is 1.08 bits per heavy atom. The maximum Gasteiger partial charge on any atom is 0.226 e. The molecule has 3 aromatic rings. The van der Waals surface area contributed by atoms with E-state index in [1.54, 1.807) is 11.8 Å². The molecule has 0 amide bonds. The highest BCUT2D eigenvalue weighted by molar-refractivity contribution is 6.00. The zero-order valence-electron chi connectivity index (χ0n) is 21.9. The Morgan fingerprint density at radius 3 is 2.53 bits per heavy atom. The van der Waals surface area contributed by atoms with Gasteiger partial charge in [0.2, 0.25) is 5.95 Å². The Bertz CT molecular complexity index is 1330. The summed E-state index contributed by atoms with van der Waals surface area (Å²) in [5.41, 5.74) is 4.98. The summed E-state index contributed by atoms with van der Waals surface area (Å²) in [6, 6.07) is 14.0. The van der Waals surface area contributed by atoms with E-state index >= 15 is 0 Å². The third-order valence-corrected chi connectivity index (χ3v) is 6.99. The van der Waals surface area contributed by atoms with Gasteiger partial charge in [0.25, 0.3) is 0 Å². The molecule has 0 unspecified atom stereocenters. The van der Waals surface area contributed by atoms with Crippen molar-refractivity contribution in [2.24, 2.45) is 5.41 Å². The number of Topliss-reactive ketones (excluding diaryl/α,β-unsaturated/α-hetero) is 1. The van der Waals surface area contributed by atoms with E-state index in [2.05, 4.69) is 74.3 Å². The van der Waals surface area contributed by atoms with Crippen molar-refractivity contribution in [1.29, 1.82) is 0 Å². The van der Waals surface area contributed by atoms with E-state index in [0.29, 0.717) is 30.5 Å². The van der Waals surface area contributed by atoms with Gasteiger partial charge in [0.1, 0.15) is 19.0 Å². The molecule has 1 N–H and O–H groups in total. The lowest BCUT2D eigenvalue weighted by Crippen LogP contribution is -2.36. The molecule has 0 bridgehead atoms. The maximum absolute atomic E-state index is 13.3. The molecule has 5 rings (SSSR count). The van der Waals surface area contributed by atoms with Crippen LogP contribution in [0.25, 0.3) is 0 Å². The first-order chi connectivity index (χ1) is 17.1. The van der Waals surface area contributed by atoms with Crippen molar-refractivity contribution in [1.82, 2.24) is 14.8 Å². The van der Waals surface area contributed by atoms with Gasteiger partial charge in [-0.2, -0.15) is 10.1 Å². The number of hydrogen-bond acceptors (Lipinski definition) is 6. The number of carbonyl (C=O) groups excluding carboxylic acids is 1. The monoisotopic (exact) mass is 486 g/mol. The number of anilines is 1. The number of rotatable bonds is 5. The van der Waals surface area contributed by atoms with Crippen molar-refractivity contribution in [2.45, 2.75) is 65.5 Å². The van der Waals surface area contributed by atoms with Gasteiger partial charge in [0, 0.05) is 17.7 Å². The van der Waals surface area contributed by atoms with Crippen molar-refractivity contribution in [3.8, 4) is 11.5 Å². The van der Waals surface area contributed by atoms with Gasteiger partial charge in [0.15, 0.2) is 17.3 Å². The minimum atomic E-state index is -0.366. The zero-order valence-corrected chi connectivity index (χ0v) is 21.9. The summed E-state index contributed by atoms with van der Waals surface area (Å²) in [7, 11) is 1.63. The number of ether oxygens (including phenoxy) is 2. The minimum absolute atomic E-state index is 0.101. The Morgan fingerprint density at radius 2 is 1.83 bits per heavy atom. The van der Waals surface area contributed by atoms with Gasteiger partial charge in [-0.3, -0.25) is 4.79 Å². The normalized spacial score (nSPS) is 18.8. The second-order valence-corrected chi connectivity index (χ2v) is 11.5. The van der Waals surface area contributed by atoms with Gasteiger partial charge < -0.3 is 14.8 Å². The van der Waals surface area contributed by atoms with Gasteiger partial charge in [0.05, 0.1) is 7.11 Å². The van der Waals surface area contributed by atoms with Crippen LogP contribution in [0, 0.1) is 5.41 Å². The molecule has 1 aliphatic carbocycles. The number of carbonyl (C=O) groups is 1. The van der Waals surface area contributed by atoms with E-state index in [4.69, 9.17) is 9.47 Å². The lowest BCUT2D eigenvalue weighted by atomic mass is 9.73. The molecular formula is C29H34N4O3. The van der Waals surface area contributed by atoms with Crippen LogP contribution in [0.15, 0.2) is 60.1 Å². The van der Waals surface area contributed by atoms with Crippen molar-refractivity contribution in [2.75, 3.05) is 12.4 Å². The lowest BCUT2D eigenvalue weighted by Gasteiger charge is -2.38. The number of hydrogen-bond donors (Lipinski definition) is 1. The molecule has 0 spiro atoms. The van der Waals surface area contributed by atoms with Crippen LogP contribution >= 0.6 is 0 Å². The number of nitrogens with zero attached hydrogens (tertiary/aromatic N) is 3. The molecule has 7 nitrogen and oxygen atoms in total. The molecule has 188 valence electrons. The Kier molecular flexibility index (Phi) is 5.89. The number of ketones is 1. The summed E-state index contributed by atoms with van der Waals surface area (Å²) in [5.74, 6) is 2.05. The Hall–Kier alpha value is -3.61. The van der Waals surface area contributed by atoms with Crippen LogP contribution in [0.4, 0.5) is 5.95 Å². The minimum Gasteiger partial charge on any atom is -0.493 e. The highest BCUT2D eigenvalue weighted by Gasteiger charge is 2.41. The summed E-state index contributed by atoms with van der Waals surface area (Å²) < 4.78 is 13.6. The Labute approximate surface area is 212 Å². The predicted molar refractivity (Wildman–Crippen MR) is 139 cm³/mol. The fourth-order valence-corrected chi connectivity index (χ4v) is 5.09. The second kappa shape index (κ2) is 8.80. The smallest absolute Gasteiger partial charge is 0.226 e. The summed E-state index contributed by atoms with van der Waals surface area (Å²) in [6.07, 6.45) is 2.80. The topological polar surface area (TPSA) is 78.3 Å². The standard InChI is InChI=1S/C29H34N4O3/c1-28(2,3)20-10-7-18(8-11-20)16-36-23-12-9-19(13-24(23)35-6)26-25-21(14-29(4,5)15-22(25)34)32-27-30-17-31-33(26)27/h7-13,17,26H,14-16H2,1-6H3,(H,30,31,32)/t26-/m0/s1. The van der Waals surface area contributed by atoms with Crippen molar-refractivity contribution in [3.05, 3.63) is 76.8 Å². The molecule has 36 heavy (non-hydrogen) atoms. The van der Waals surface area contributed by atoms with Crippen LogP contribution in [0.5, 0.6) is 11.5 Å². The summed E-state index contributed by atoms with van der Waals surface area (Å²) in [5, 5.41) is 7.79. The molecule has 2 heterocycles. The molecule has 1 aromatic heterocycles. The number of aromatic nitrogens is 3. The van der Waals surface area contributed by atoms with E-state index in [1.165, 1.54) is 11.9 Å². The Balaban J connectivity index is 1.44. The highest BCUT2D eigenvalue weighted by atomic mass is 16.5. The first kappa shape index (κ1) is 24.1. The molecule has 0 saturated heterocycles. The predicted octanol–water partition coefficient (Wildman–Crippen LogP) is 5.82. The average molecular weight is 487 g/mol. The summed E-state index contributed by atoms with van der Waals surface area (Å²) in [6.45, 7) is 11.3. The molecule has 2 aliphatic rings. The van der Waals surface area contributed by atoms with Crippen LogP contribution < -0.4 is 14.8 Å². The van der Waals surface area contributed by atoms with Crippen molar-refractivity contribution in [3.63, 3.8) is 0 Å². The van der Waals surface area contributed by atoms with E-state index in [0.717, 1.165) is 28.8 Å². The first-order valence-electron chi connectivity index (χ1n) is 12.4. The highest BCUT2D eigenvalue weighted by Crippen LogP contribution is 2.46. The fourth-order valence-electron chi connectivity index (χ4n) is 5.09. The van der Waals surface area contributed by atoms with Gasteiger partial charge in [-0.15, -0.1) is 0 Å². The second-order valence-electron chi connectivity index (χ2n) is 11.5. The average Bonchev–Trinajstić information content (AvgIpc) is 3.28. The molecule has 2 aromatic carbocycles. The summed E-state index contributed by atoms with van der Waals surface area (Å²) in [4.78, 5) is 17.7. The molecule has 0 radical (unpaired) electrons. The number of fused-ring (bicyclic) bond motifs is 1. The van der Waals surface area contributed by atoms with E-state index < -0.39 is 0 Å². The molecule has 1 aliphatic heterocycles. The SMILES string of the molecule is COc1cc([C@H]2C3=C(CC(C)(C)CC3=O)Nc3ncnn32)ccc1OCc1ccc(C(C)(C)C)cc1. The number of methoxy groups -OCH3 is 1. The van der Waals surface area contributed by atoms with Gasteiger partial charge in [-0.1, -0.05) is 65.0 Å². The molecule has 0 saturated carbocycles. The van der Waals surface area contributed by atoms with Crippen LogP contribution in [0.2, 0.25) is 0 Å². The van der Waals surface area contributed by atoms with Gasteiger partial charge in [-0.25, -0.2) is 4.68 Å². The molecule has 7 heteroatoms. The fraction of sp³-hybridized carbons (Fsp3) is 0.414. The zero-order chi connectivity index (χ0) is 25.7. The van der Waals surface area contributed by atoms with E-state index in [1.807, 2.05) is 18.2 Å². The number of benzene rings is 2. The first-order valence-corrected chi connectivity index (χ1v) is 12.4. The lowest BCUT2D eigenvalue weighted by molar-refractivity contribution is -0.118. The van der Waals surface area contributed by atoms with E-state index in [9.17, 15) is 4.79 Å².